The number of hydrogen-bond donors (Lipinski definition) is 0. The van der Waals surface area contributed by atoms with E-state index in [9.17, 15) is 0 Å². The summed E-state index contributed by atoms with van der Waals surface area (Å²) in [6, 6.07) is 73.6. The predicted molar refractivity (Wildman–Crippen MR) is 227 cm³/mol. The van der Waals surface area contributed by atoms with Gasteiger partial charge in [-0.15, -0.1) is 0 Å². The Bertz CT molecular complexity index is 3220. The molecule has 0 spiro atoms. The molecule has 0 radical (unpaired) electrons. The van der Waals surface area contributed by atoms with Crippen LogP contribution in [0, 0.1) is 0 Å². The summed E-state index contributed by atoms with van der Waals surface area (Å²) in [5.41, 5.74) is 11.0. The maximum absolute atomic E-state index is 2.43. The highest BCUT2D eigenvalue weighted by atomic mass is 15.0. The number of benzene rings is 10. The molecule has 1 heterocycles. The van der Waals surface area contributed by atoms with Gasteiger partial charge in [-0.3, -0.25) is 0 Å². The van der Waals surface area contributed by atoms with Gasteiger partial charge in [-0.2, -0.15) is 0 Å². The second kappa shape index (κ2) is 11.8. The first-order chi connectivity index (χ1) is 26.3. The zero-order valence-corrected chi connectivity index (χ0v) is 29.0. The zero-order chi connectivity index (χ0) is 34.9. The van der Waals surface area contributed by atoms with E-state index < -0.39 is 0 Å². The summed E-state index contributed by atoms with van der Waals surface area (Å²) >= 11 is 0. The SMILES string of the molecule is c1ccc(-n2c3ccccc3c3cc(-c4c5ccccc5c(-c5cccc(-c6ccc7ccccc7c6)c5)c5ccc6ccccc6c45)ccc32)cc1. The van der Waals surface area contributed by atoms with Crippen LogP contribution >= 0.6 is 0 Å². The van der Waals surface area contributed by atoms with E-state index in [1.807, 2.05) is 0 Å². The monoisotopic (exact) mass is 671 g/mol. The minimum absolute atomic E-state index is 1.17. The fraction of sp³-hybridized carbons (Fsp3) is 0. The molecule has 1 nitrogen and oxygen atoms in total. The van der Waals surface area contributed by atoms with Gasteiger partial charge < -0.3 is 4.57 Å². The van der Waals surface area contributed by atoms with E-state index in [4.69, 9.17) is 0 Å². The Hall–Kier alpha value is -6.96. The Morgan fingerprint density at radius 1 is 0.264 bits per heavy atom. The molecule has 0 aliphatic rings. The van der Waals surface area contributed by atoms with Crippen LogP contribution in [0.2, 0.25) is 0 Å². The number of rotatable bonds is 4. The van der Waals surface area contributed by atoms with Gasteiger partial charge in [-0.25, -0.2) is 0 Å². The van der Waals surface area contributed by atoms with Gasteiger partial charge in [0.2, 0.25) is 0 Å². The van der Waals surface area contributed by atoms with Gasteiger partial charge in [-0.1, -0.05) is 158 Å². The van der Waals surface area contributed by atoms with Gasteiger partial charge >= 0.3 is 0 Å². The van der Waals surface area contributed by atoms with Gasteiger partial charge in [0.1, 0.15) is 0 Å². The van der Waals surface area contributed by atoms with Gasteiger partial charge in [0.15, 0.2) is 0 Å². The number of para-hydroxylation sites is 2. The number of hydrogen-bond acceptors (Lipinski definition) is 0. The molecule has 11 aromatic rings. The van der Waals surface area contributed by atoms with Gasteiger partial charge in [0, 0.05) is 16.5 Å². The lowest BCUT2D eigenvalue weighted by Gasteiger charge is -2.20. The molecule has 0 bridgehead atoms. The smallest absolute Gasteiger partial charge is 0.0541 e. The van der Waals surface area contributed by atoms with E-state index in [0.29, 0.717) is 0 Å². The van der Waals surface area contributed by atoms with Crippen molar-refractivity contribution in [2.45, 2.75) is 0 Å². The summed E-state index contributed by atoms with van der Waals surface area (Å²) < 4.78 is 2.39. The van der Waals surface area contributed by atoms with Crippen molar-refractivity contribution in [1.82, 2.24) is 4.57 Å². The van der Waals surface area contributed by atoms with E-state index >= 15 is 0 Å². The molecule has 246 valence electrons. The Kier molecular flexibility index (Phi) is 6.62. The largest absolute Gasteiger partial charge is 0.309 e. The van der Waals surface area contributed by atoms with Crippen molar-refractivity contribution in [3.63, 3.8) is 0 Å². The minimum Gasteiger partial charge on any atom is -0.309 e. The van der Waals surface area contributed by atoms with Crippen LogP contribution in [0.5, 0.6) is 0 Å². The van der Waals surface area contributed by atoms with Crippen molar-refractivity contribution in [1.29, 1.82) is 0 Å². The Morgan fingerprint density at radius 2 is 0.849 bits per heavy atom. The molecule has 0 atom stereocenters. The van der Waals surface area contributed by atoms with Crippen LogP contribution in [0.1, 0.15) is 0 Å². The maximum atomic E-state index is 2.43. The molecular formula is C52H33N. The van der Waals surface area contributed by atoms with Gasteiger partial charge in [-0.05, 0) is 119 Å². The lowest BCUT2D eigenvalue weighted by atomic mass is 9.83. The molecule has 1 heteroatoms. The quantitative estimate of drug-likeness (QED) is 0.130. The summed E-state index contributed by atoms with van der Waals surface area (Å²) in [4.78, 5) is 0. The fourth-order valence-electron chi connectivity index (χ4n) is 8.77. The Balaban J connectivity index is 1.21. The fourth-order valence-corrected chi connectivity index (χ4v) is 8.77. The molecule has 0 N–H and O–H groups in total. The van der Waals surface area contributed by atoms with Crippen LogP contribution in [-0.4, -0.2) is 4.57 Å². The summed E-state index contributed by atoms with van der Waals surface area (Å²) in [6.07, 6.45) is 0. The first-order valence-electron chi connectivity index (χ1n) is 18.3. The van der Waals surface area contributed by atoms with Crippen LogP contribution in [0.15, 0.2) is 200 Å². The summed E-state index contributed by atoms with van der Waals surface area (Å²) in [5.74, 6) is 0. The van der Waals surface area contributed by atoms with Crippen molar-refractivity contribution >= 4 is 64.9 Å². The van der Waals surface area contributed by atoms with Crippen LogP contribution in [-0.2, 0) is 0 Å². The van der Waals surface area contributed by atoms with Gasteiger partial charge in [0.25, 0.3) is 0 Å². The first kappa shape index (κ1) is 29.7. The summed E-state index contributed by atoms with van der Waals surface area (Å²) in [5, 5.41) is 12.6. The van der Waals surface area contributed by atoms with E-state index in [1.165, 1.54) is 104 Å². The standard InChI is InChI=1S/C52H33N/c1-2-18-41(19-3-1)53-48-24-11-10-21-43(48)47-33-40(28-30-49(47)53)51-45-23-9-8-22-44(45)50(46-29-27-35-14-6-7-20-42(35)52(46)51)39-17-12-16-37(32-39)38-26-25-34-13-4-5-15-36(34)31-38/h1-33H. The molecule has 0 fully saturated rings. The van der Waals surface area contributed by atoms with E-state index in [1.54, 1.807) is 0 Å². The average Bonchev–Trinajstić information content (AvgIpc) is 3.56. The topological polar surface area (TPSA) is 4.93 Å². The third-order valence-electron chi connectivity index (χ3n) is 11.1. The molecule has 11 rings (SSSR count). The minimum atomic E-state index is 1.17. The predicted octanol–water partition coefficient (Wildman–Crippen LogP) is 14.4. The Labute approximate surface area is 307 Å². The van der Waals surface area contributed by atoms with Crippen molar-refractivity contribution in [2.75, 3.05) is 0 Å². The lowest BCUT2D eigenvalue weighted by Crippen LogP contribution is -1.94. The van der Waals surface area contributed by atoms with Crippen LogP contribution < -0.4 is 0 Å². The van der Waals surface area contributed by atoms with Gasteiger partial charge in [0.05, 0.1) is 11.0 Å². The highest BCUT2D eigenvalue weighted by Crippen LogP contribution is 2.47. The first-order valence-corrected chi connectivity index (χ1v) is 18.3. The highest BCUT2D eigenvalue weighted by molar-refractivity contribution is 6.28. The normalized spacial score (nSPS) is 11.8. The maximum Gasteiger partial charge on any atom is 0.0541 e. The second-order valence-electron chi connectivity index (χ2n) is 14.1. The zero-order valence-electron chi connectivity index (χ0n) is 29.0. The molecular weight excluding hydrogens is 639 g/mol. The Morgan fingerprint density at radius 3 is 1.70 bits per heavy atom. The molecule has 0 saturated heterocycles. The summed E-state index contributed by atoms with van der Waals surface area (Å²) in [7, 11) is 0. The van der Waals surface area contributed by atoms with Crippen molar-refractivity contribution < 1.29 is 0 Å². The van der Waals surface area contributed by atoms with E-state index in [-0.39, 0.29) is 0 Å². The number of nitrogens with zero attached hydrogens (tertiary/aromatic N) is 1. The lowest BCUT2D eigenvalue weighted by molar-refractivity contribution is 1.18. The molecule has 0 aliphatic carbocycles. The highest BCUT2D eigenvalue weighted by Gasteiger charge is 2.20. The van der Waals surface area contributed by atoms with Crippen LogP contribution in [0.3, 0.4) is 0 Å². The van der Waals surface area contributed by atoms with Crippen LogP contribution in [0.25, 0.3) is 104 Å². The van der Waals surface area contributed by atoms with Crippen molar-refractivity contribution in [3.8, 4) is 39.1 Å². The molecule has 0 aliphatic heterocycles. The van der Waals surface area contributed by atoms with Crippen LogP contribution in [0.4, 0.5) is 0 Å². The van der Waals surface area contributed by atoms with Crippen molar-refractivity contribution in [3.05, 3.63) is 200 Å². The van der Waals surface area contributed by atoms with E-state index in [2.05, 4.69) is 205 Å². The number of aromatic nitrogens is 1. The van der Waals surface area contributed by atoms with E-state index in [0.717, 1.165) is 0 Å². The molecule has 0 unspecified atom stereocenters. The number of fused-ring (bicyclic) bond motifs is 8. The third-order valence-corrected chi connectivity index (χ3v) is 11.1. The molecule has 10 aromatic carbocycles. The second-order valence-corrected chi connectivity index (χ2v) is 14.1. The molecule has 0 amide bonds. The average molecular weight is 672 g/mol. The molecule has 0 saturated carbocycles. The third kappa shape index (κ3) is 4.64. The van der Waals surface area contributed by atoms with Crippen molar-refractivity contribution in [2.24, 2.45) is 0 Å². The molecule has 1 aromatic heterocycles. The molecule has 53 heavy (non-hydrogen) atoms. The summed E-state index contributed by atoms with van der Waals surface area (Å²) in [6.45, 7) is 0.